The first-order chi connectivity index (χ1) is 22.2. The minimum Gasteiger partial charge on any atom is -0.361 e. The van der Waals surface area contributed by atoms with Gasteiger partial charge in [0.15, 0.2) is 5.69 Å². The number of fused-ring (bicyclic) bond motifs is 1. The standard InChI is InChI=1S/C35H57FN6O4/c1-4-26-17-12-13-20-42(26)31(43)22-27(38-34(45)28-21-23(2)46-41-28)33(44)37-24(3)32-39-30-19-14-18-29(36)35(30,40-32)25-15-10-8-6-5-7-9-11-16-25/h21,24-27,29-30,32,39-40H,4-20,22H2,1-3H3,(H,37,44)(H,38,45)/t24-,26-,27-,29?,30?,32?,35?/m0/s1. The molecule has 0 bridgehead atoms. The Bertz CT molecular complexity index is 1170. The van der Waals surface area contributed by atoms with Crippen LogP contribution in [0.2, 0.25) is 0 Å². The zero-order chi connectivity index (χ0) is 32.7. The van der Waals surface area contributed by atoms with Gasteiger partial charge in [0.1, 0.15) is 18.0 Å². The molecular weight excluding hydrogens is 587 g/mol. The van der Waals surface area contributed by atoms with Crippen molar-refractivity contribution in [2.24, 2.45) is 5.92 Å². The molecule has 1 aromatic rings. The maximum absolute atomic E-state index is 16.2. The van der Waals surface area contributed by atoms with Gasteiger partial charge >= 0.3 is 0 Å². The first-order valence-electron chi connectivity index (χ1n) is 18.2. The zero-order valence-electron chi connectivity index (χ0n) is 28.3. The topological polar surface area (TPSA) is 129 Å². The predicted octanol–water partition coefficient (Wildman–Crippen LogP) is 5.06. The fourth-order valence-electron chi connectivity index (χ4n) is 8.72. The molecule has 2 aliphatic heterocycles. The highest BCUT2D eigenvalue weighted by molar-refractivity contribution is 5.97. The third kappa shape index (κ3) is 7.94. The van der Waals surface area contributed by atoms with E-state index in [0.29, 0.717) is 18.7 Å². The average Bonchev–Trinajstić information content (AvgIpc) is 3.68. The molecule has 2 saturated heterocycles. The molecule has 5 rings (SSSR count). The number of hydrogen-bond acceptors (Lipinski definition) is 7. The van der Waals surface area contributed by atoms with E-state index in [1.165, 1.54) is 38.2 Å². The van der Waals surface area contributed by atoms with Gasteiger partial charge in [-0.1, -0.05) is 57.0 Å². The van der Waals surface area contributed by atoms with Crippen molar-refractivity contribution < 1.29 is 23.3 Å². The van der Waals surface area contributed by atoms with E-state index in [0.717, 1.165) is 64.2 Å². The van der Waals surface area contributed by atoms with Crippen LogP contribution in [-0.4, -0.2) is 76.4 Å². The molecule has 10 nitrogen and oxygen atoms in total. The summed E-state index contributed by atoms with van der Waals surface area (Å²) in [5.74, 6) is -0.443. The molecule has 4 aliphatic rings. The second-order valence-electron chi connectivity index (χ2n) is 14.4. The first-order valence-corrected chi connectivity index (χ1v) is 18.2. The quantitative estimate of drug-likeness (QED) is 0.296. The Labute approximate surface area is 274 Å². The number of halogens is 1. The SMILES string of the molecule is CC[C@H]1CCCCN1C(=O)C[C@H](NC(=O)c1cc(C)on1)C(=O)N[C@@H](C)C1NC2CCCC(F)C2(C2CCCCCCCCC2)N1. The van der Waals surface area contributed by atoms with Gasteiger partial charge in [-0.05, 0) is 77.6 Å². The van der Waals surface area contributed by atoms with Crippen LogP contribution in [0.15, 0.2) is 10.6 Å². The third-order valence-electron chi connectivity index (χ3n) is 11.3. The summed E-state index contributed by atoms with van der Waals surface area (Å²) in [5, 5.41) is 17.1. The lowest BCUT2D eigenvalue weighted by molar-refractivity contribution is -0.138. The molecule has 2 saturated carbocycles. The van der Waals surface area contributed by atoms with Gasteiger partial charge in [0.05, 0.1) is 24.2 Å². The molecule has 11 heteroatoms. The van der Waals surface area contributed by atoms with Crippen LogP contribution in [0.25, 0.3) is 0 Å². The number of nitrogens with one attached hydrogen (secondary N) is 4. The summed E-state index contributed by atoms with van der Waals surface area (Å²) in [4.78, 5) is 42.4. The molecule has 46 heavy (non-hydrogen) atoms. The highest BCUT2D eigenvalue weighted by Gasteiger charge is 2.58. The van der Waals surface area contributed by atoms with Gasteiger partial charge in [-0.15, -0.1) is 0 Å². The van der Waals surface area contributed by atoms with Crippen molar-refractivity contribution in [3.63, 3.8) is 0 Å². The summed E-state index contributed by atoms with van der Waals surface area (Å²) in [6, 6.07) is 0.130. The summed E-state index contributed by atoms with van der Waals surface area (Å²) in [5.41, 5.74) is -0.594. The van der Waals surface area contributed by atoms with Crippen LogP contribution in [0.3, 0.4) is 0 Å². The summed E-state index contributed by atoms with van der Waals surface area (Å²) in [6.45, 7) is 6.33. The Kier molecular flexibility index (Phi) is 12.1. The summed E-state index contributed by atoms with van der Waals surface area (Å²) >= 11 is 0. The molecule has 258 valence electrons. The number of aryl methyl sites for hydroxylation is 1. The third-order valence-corrected chi connectivity index (χ3v) is 11.3. The van der Waals surface area contributed by atoms with Crippen molar-refractivity contribution >= 4 is 17.7 Å². The van der Waals surface area contributed by atoms with Crippen LogP contribution >= 0.6 is 0 Å². The number of piperidine rings is 1. The van der Waals surface area contributed by atoms with Crippen molar-refractivity contribution in [1.82, 2.24) is 31.3 Å². The fraction of sp³-hybridized carbons (Fsp3) is 0.829. The van der Waals surface area contributed by atoms with E-state index in [2.05, 4.69) is 33.3 Å². The van der Waals surface area contributed by atoms with E-state index in [1.807, 2.05) is 11.8 Å². The Balaban J connectivity index is 1.30. The van der Waals surface area contributed by atoms with Gasteiger partial charge in [-0.25, -0.2) is 4.39 Å². The van der Waals surface area contributed by atoms with E-state index >= 15 is 4.39 Å². The molecule has 4 unspecified atom stereocenters. The number of alkyl halides is 1. The van der Waals surface area contributed by atoms with Gasteiger partial charge in [0, 0.05) is 24.7 Å². The second kappa shape index (κ2) is 16.0. The smallest absolute Gasteiger partial charge is 0.274 e. The van der Waals surface area contributed by atoms with E-state index in [-0.39, 0.29) is 42.2 Å². The number of amides is 3. The van der Waals surface area contributed by atoms with Gasteiger partial charge in [-0.2, -0.15) is 0 Å². The molecule has 4 N–H and O–H groups in total. The number of likely N-dealkylation sites (tertiary alicyclic amines) is 1. The fourth-order valence-corrected chi connectivity index (χ4v) is 8.72. The molecular formula is C35H57FN6O4. The van der Waals surface area contributed by atoms with Crippen LogP contribution in [0.5, 0.6) is 0 Å². The molecule has 0 radical (unpaired) electrons. The molecule has 0 aromatic carbocycles. The normalized spacial score (nSPS) is 31.0. The minimum atomic E-state index is -1.09. The number of carbonyl (C=O) groups excluding carboxylic acids is 3. The van der Waals surface area contributed by atoms with E-state index in [1.54, 1.807) is 6.92 Å². The van der Waals surface area contributed by atoms with Gasteiger partial charge in [0.25, 0.3) is 5.91 Å². The van der Waals surface area contributed by atoms with E-state index < -0.39 is 35.6 Å². The summed E-state index contributed by atoms with van der Waals surface area (Å²) < 4.78 is 21.3. The van der Waals surface area contributed by atoms with E-state index in [9.17, 15) is 14.4 Å². The Morgan fingerprint density at radius 3 is 2.37 bits per heavy atom. The summed E-state index contributed by atoms with van der Waals surface area (Å²) in [7, 11) is 0. The van der Waals surface area contributed by atoms with Gasteiger partial charge in [0.2, 0.25) is 11.8 Å². The summed E-state index contributed by atoms with van der Waals surface area (Å²) in [6.07, 6.45) is 15.2. The van der Waals surface area contributed by atoms with Crippen molar-refractivity contribution in [3.8, 4) is 0 Å². The molecule has 1 aromatic heterocycles. The monoisotopic (exact) mass is 644 g/mol. The lowest BCUT2D eigenvalue weighted by Crippen LogP contribution is -2.64. The Morgan fingerprint density at radius 1 is 1.00 bits per heavy atom. The molecule has 7 atom stereocenters. The van der Waals surface area contributed by atoms with Crippen LogP contribution in [0.1, 0.15) is 139 Å². The first kappa shape index (κ1) is 34.8. The van der Waals surface area contributed by atoms with Crippen molar-refractivity contribution in [2.45, 2.75) is 172 Å². The number of aromatic nitrogens is 1. The average molecular weight is 645 g/mol. The van der Waals surface area contributed by atoms with Crippen LogP contribution < -0.4 is 21.3 Å². The van der Waals surface area contributed by atoms with E-state index in [4.69, 9.17) is 4.52 Å². The highest BCUT2D eigenvalue weighted by Crippen LogP contribution is 2.45. The van der Waals surface area contributed by atoms with Gasteiger partial charge < -0.3 is 20.1 Å². The lowest BCUT2D eigenvalue weighted by Gasteiger charge is -2.47. The Hall–Kier alpha value is -2.53. The maximum Gasteiger partial charge on any atom is 0.274 e. The number of carbonyl (C=O) groups is 3. The highest BCUT2D eigenvalue weighted by atomic mass is 19.1. The Morgan fingerprint density at radius 2 is 1.70 bits per heavy atom. The van der Waals surface area contributed by atoms with Crippen LogP contribution in [-0.2, 0) is 9.59 Å². The molecule has 3 heterocycles. The van der Waals surface area contributed by atoms with Crippen molar-refractivity contribution in [1.29, 1.82) is 0 Å². The van der Waals surface area contributed by atoms with Crippen molar-refractivity contribution in [2.75, 3.05) is 6.54 Å². The van der Waals surface area contributed by atoms with Crippen molar-refractivity contribution in [3.05, 3.63) is 17.5 Å². The lowest BCUT2D eigenvalue weighted by atomic mass is 9.66. The number of nitrogens with zero attached hydrogens (tertiary/aromatic N) is 2. The molecule has 0 spiro atoms. The molecule has 4 fully saturated rings. The second-order valence-corrected chi connectivity index (χ2v) is 14.4. The molecule has 2 aliphatic carbocycles. The van der Waals surface area contributed by atoms with Crippen LogP contribution in [0.4, 0.5) is 4.39 Å². The number of rotatable bonds is 9. The predicted molar refractivity (Wildman–Crippen MR) is 175 cm³/mol. The van der Waals surface area contributed by atoms with Gasteiger partial charge in [-0.3, -0.25) is 25.0 Å². The molecule has 3 amide bonds. The largest absolute Gasteiger partial charge is 0.361 e. The minimum absolute atomic E-state index is 0.00824. The zero-order valence-corrected chi connectivity index (χ0v) is 28.3. The maximum atomic E-state index is 16.2. The number of hydrogen-bond donors (Lipinski definition) is 4. The van der Waals surface area contributed by atoms with Crippen LogP contribution in [0, 0.1) is 12.8 Å².